The maximum atomic E-state index is 10.6. The molecule has 1 heterocycles. The van der Waals surface area contributed by atoms with Crippen LogP contribution in [0.2, 0.25) is 0 Å². The molecule has 0 radical (unpaired) electrons. The molecule has 1 aliphatic rings. The molecule has 2 rings (SSSR count). The molecule has 1 unspecified atom stereocenters. The lowest BCUT2D eigenvalue weighted by Gasteiger charge is -2.00. The second-order valence-electron chi connectivity index (χ2n) is 3.47. The van der Waals surface area contributed by atoms with E-state index in [1.165, 1.54) is 0 Å². The molecular weight excluding hydrogens is 194 g/mol. The zero-order valence-corrected chi connectivity index (χ0v) is 8.30. The number of nitrogens with zero attached hydrogens (tertiary/aromatic N) is 1. The highest BCUT2D eigenvalue weighted by molar-refractivity contribution is 5.97. The van der Waals surface area contributed by atoms with Crippen LogP contribution in [0.1, 0.15) is 11.1 Å². The largest absolute Gasteiger partial charge is 0.480 e. The normalized spacial score (nSPS) is 19.5. The van der Waals surface area contributed by atoms with E-state index in [9.17, 15) is 4.79 Å². The number of hydrogen-bond donors (Lipinski definition) is 1. The van der Waals surface area contributed by atoms with Crippen LogP contribution < -0.4 is 0 Å². The van der Waals surface area contributed by atoms with E-state index in [0.29, 0.717) is 5.90 Å². The lowest BCUT2D eigenvalue weighted by Crippen LogP contribution is -2.18. The van der Waals surface area contributed by atoms with E-state index in [1.807, 2.05) is 31.2 Å². The minimum atomic E-state index is -0.947. The van der Waals surface area contributed by atoms with E-state index >= 15 is 0 Å². The van der Waals surface area contributed by atoms with Crippen LogP contribution in [0.5, 0.6) is 0 Å². The molecule has 0 saturated carbocycles. The van der Waals surface area contributed by atoms with Crippen LogP contribution in [0.15, 0.2) is 29.3 Å². The van der Waals surface area contributed by atoms with Gasteiger partial charge in [-0.25, -0.2) is 9.79 Å². The first-order valence-corrected chi connectivity index (χ1v) is 4.67. The molecule has 0 saturated heterocycles. The van der Waals surface area contributed by atoms with Crippen LogP contribution in [0.4, 0.5) is 0 Å². The Hall–Kier alpha value is -1.84. The molecule has 0 aliphatic carbocycles. The summed E-state index contributed by atoms with van der Waals surface area (Å²) in [6.07, 6.45) is 0. The zero-order chi connectivity index (χ0) is 10.8. The van der Waals surface area contributed by atoms with Crippen molar-refractivity contribution in [2.24, 2.45) is 4.99 Å². The van der Waals surface area contributed by atoms with Gasteiger partial charge in [-0.3, -0.25) is 0 Å². The fourth-order valence-electron chi connectivity index (χ4n) is 1.35. The topological polar surface area (TPSA) is 58.9 Å². The molecular formula is C11H11NO3. The third-order valence-corrected chi connectivity index (χ3v) is 2.23. The number of carboxylic acids is 1. The number of benzene rings is 1. The van der Waals surface area contributed by atoms with E-state index in [0.717, 1.165) is 11.1 Å². The van der Waals surface area contributed by atoms with Crippen LogP contribution in [-0.4, -0.2) is 29.6 Å². The van der Waals surface area contributed by atoms with E-state index in [-0.39, 0.29) is 6.61 Å². The monoisotopic (exact) mass is 205 g/mol. The number of aryl methyl sites for hydroxylation is 1. The summed E-state index contributed by atoms with van der Waals surface area (Å²) in [5, 5.41) is 8.73. The van der Waals surface area contributed by atoms with Crippen molar-refractivity contribution in [3.8, 4) is 0 Å². The number of aliphatic imine (C=N–C) groups is 1. The van der Waals surface area contributed by atoms with Gasteiger partial charge >= 0.3 is 5.97 Å². The average molecular weight is 205 g/mol. The first kappa shape index (κ1) is 9.71. The Morgan fingerprint density at radius 1 is 1.47 bits per heavy atom. The molecule has 78 valence electrons. The molecule has 1 N–H and O–H groups in total. The van der Waals surface area contributed by atoms with Crippen molar-refractivity contribution < 1.29 is 14.6 Å². The summed E-state index contributed by atoms with van der Waals surface area (Å²) in [7, 11) is 0. The van der Waals surface area contributed by atoms with Crippen LogP contribution in [-0.2, 0) is 9.53 Å². The Bertz CT molecular complexity index is 408. The number of carbonyl (C=O) groups is 1. The van der Waals surface area contributed by atoms with Crippen LogP contribution in [0.3, 0.4) is 0 Å². The minimum Gasteiger partial charge on any atom is -0.480 e. The van der Waals surface area contributed by atoms with Gasteiger partial charge < -0.3 is 9.84 Å². The number of rotatable bonds is 2. The Labute approximate surface area is 87.2 Å². The maximum Gasteiger partial charge on any atom is 0.332 e. The van der Waals surface area contributed by atoms with Crippen molar-refractivity contribution >= 4 is 11.9 Å². The van der Waals surface area contributed by atoms with Gasteiger partial charge in [-0.2, -0.15) is 0 Å². The summed E-state index contributed by atoms with van der Waals surface area (Å²) in [4.78, 5) is 14.6. The van der Waals surface area contributed by atoms with Crippen molar-refractivity contribution in [3.05, 3.63) is 35.4 Å². The Morgan fingerprint density at radius 2 is 2.13 bits per heavy atom. The Morgan fingerprint density at radius 3 is 2.67 bits per heavy atom. The van der Waals surface area contributed by atoms with E-state index in [4.69, 9.17) is 9.84 Å². The van der Waals surface area contributed by atoms with Crippen molar-refractivity contribution in [2.45, 2.75) is 13.0 Å². The molecule has 1 aromatic carbocycles. The Balaban J connectivity index is 2.22. The van der Waals surface area contributed by atoms with Gasteiger partial charge in [0.15, 0.2) is 6.04 Å². The maximum absolute atomic E-state index is 10.6. The number of ether oxygens (including phenoxy) is 1. The molecule has 0 amide bonds. The molecule has 15 heavy (non-hydrogen) atoms. The predicted molar refractivity (Wildman–Crippen MR) is 55.1 cm³/mol. The van der Waals surface area contributed by atoms with Gasteiger partial charge in [0.25, 0.3) is 0 Å². The van der Waals surface area contributed by atoms with Crippen molar-refractivity contribution in [2.75, 3.05) is 6.61 Å². The molecule has 0 fully saturated rings. The van der Waals surface area contributed by atoms with Crippen molar-refractivity contribution in [3.63, 3.8) is 0 Å². The summed E-state index contributed by atoms with van der Waals surface area (Å²) >= 11 is 0. The summed E-state index contributed by atoms with van der Waals surface area (Å²) in [6.45, 7) is 2.11. The lowest BCUT2D eigenvalue weighted by atomic mass is 10.1. The van der Waals surface area contributed by atoms with E-state index in [1.54, 1.807) is 0 Å². The molecule has 4 heteroatoms. The van der Waals surface area contributed by atoms with Gasteiger partial charge in [0.05, 0.1) is 0 Å². The molecule has 4 nitrogen and oxygen atoms in total. The zero-order valence-electron chi connectivity index (χ0n) is 8.30. The van der Waals surface area contributed by atoms with Gasteiger partial charge in [0.2, 0.25) is 5.90 Å². The SMILES string of the molecule is Cc1ccc(C2=NC(C(=O)O)CO2)cc1. The molecule has 0 bridgehead atoms. The third-order valence-electron chi connectivity index (χ3n) is 2.23. The summed E-state index contributed by atoms with van der Waals surface area (Å²) in [5.41, 5.74) is 1.97. The van der Waals surface area contributed by atoms with E-state index < -0.39 is 12.0 Å². The molecule has 1 aliphatic heterocycles. The third kappa shape index (κ3) is 1.98. The van der Waals surface area contributed by atoms with Gasteiger partial charge in [-0.05, 0) is 19.1 Å². The fraction of sp³-hybridized carbons (Fsp3) is 0.273. The van der Waals surface area contributed by atoms with Gasteiger partial charge in [-0.15, -0.1) is 0 Å². The number of aliphatic carboxylic acids is 1. The molecule has 0 aromatic heterocycles. The van der Waals surface area contributed by atoms with E-state index in [2.05, 4.69) is 4.99 Å². The fourth-order valence-corrected chi connectivity index (χ4v) is 1.35. The Kier molecular flexibility index (Phi) is 2.41. The molecule has 1 aromatic rings. The summed E-state index contributed by atoms with van der Waals surface area (Å²) in [5.74, 6) is -0.528. The summed E-state index contributed by atoms with van der Waals surface area (Å²) < 4.78 is 5.22. The minimum absolute atomic E-state index is 0.124. The first-order valence-electron chi connectivity index (χ1n) is 4.67. The molecule has 0 spiro atoms. The smallest absolute Gasteiger partial charge is 0.332 e. The van der Waals surface area contributed by atoms with Gasteiger partial charge in [0, 0.05) is 5.56 Å². The van der Waals surface area contributed by atoms with Crippen LogP contribution in [0.25, 0.3) is 0 Å². The average Bonchev–Trinajstić information content (AvgIpc) is 2.68. The van der Waals surface area contributed by atoms with Crippen LogP contribution >= 0.6 is 0 Å². The summed E-state index contributed by atoms with van der Waals surface area (Å²) in [6, 6.07) is 6.86. The highest BCUT2D eigenvalue weighted by Gasteiger charge is 2.25. The number of carboxylic acid groups (broad SMARTS) is 1. The highest BCUT2D eigenvalue weighted by Crippen LogP contribution is 2.12. The lowest BCUT2D eigenvalue weighted by molar-refractivity contribution is -0.138. The van der Waals surface area contributed by atoms with Gasteiger partial charge in [0.1, 0.15) is 6.61 Å². The second-order valence-corrected chi connectivity index (χ2v) is 3.47. The second kappa shape index (κ2) is 3.73. The molecule has 1 atom stereocenters. The van der Waals surface area contributed by atoms with Gasteiger partial charge in [-0.1, -0.05) is 17.7 Å². The highest BCUT2D eigenvalue weighted by atomic mass is 16.5. The quantitative estimate of drug-likeness (QED) is 0.789. The van der Waals surface area contributed by atoms with Crippen molar-refractivity contribution in [1.82, 2.24) is 0 Å². The number of hydrogen-bond acceptors (Lipinski definition) is 3. The standard InChI is InChI=1S/C11H11NO3/c1-7-2-4-8(5-3-7)10-12-9(6-15-10)11(13)14/h2-5,9H,6H2,1H3,(H,13,14). The van der Waals surface area contributed by atoms with Crippen molar-refractivity contribution in [1.29, 1.82) is 0 Å². The first-order chi connectivity index (χ1) is 7.16. The van der Waals surface area contributed by atoms with Crippen LogP contribution in [0, 0.1) is 6.92 Å². The predicted octanol–water partition coefficient (Wildman–Crippen LogP) is 1.23.